The second-order valence-electron chi connectivity index (χ2n) is 5.52. The molecule has 128 valence electrons. The minimum Gasteiger partial charge on any atom is -0.314 e. The molecule has 0 fully saturated rings. The molecular weight excluding hydrogens is 321 g/mol. The Morgan fingerprint density at radius 2 is 1.83 bits per heavy atom. The van der Waals surface area contributed by atoms with Crippen molar-refractivity contribution in [2.75, 3.05) is 11.9 Å². The predicted octanol–water partition coefficient (Wildman–Crippen LogP) is 3.15. The van der Waals surface area contributed by atoms with Crippen LogP contribution in [-0.4, -0.2) is 17.5 Å². The second kappa shape index (κ2) is 6.51. The lowest BCUT2D eigenvalue weighted by Gasteiger charge is -2.21. The first-order chi connectivity index (χ1) is 11.1. The zero-order chi connectivity index (χ0) is 18.1. The van der Waals surface area contributed by atoms with E-state index in [1.54, 1.807) is 12.1 Å². The van der Waals surface area contributed by atoms with Crippen LogP contribution in [0.25, 0.3) is 0 Å². The van der Waals surface area contributed by atoms with E-state index in [-0.39, 0.29) is 0 Å². The van der Waals surface area contributed by atoms with Crippen LogP contribution in [0.15, 0.2) is 41.3 Å². The largest absolute Gasteiger partial charge is 0.421 e. The summed E-state index contributed by atoms with van der Waals surface area (Å²) < 4.78 is 39.1. The van der Waals surface area contributed by atoms with Gasteiger partial charge in [-0.2, -0.15) is 13.2 Å². The second-order valence-corrected chi connectivity index (χ2v) is 5.52. The van der Waals surface area contributed by atoms with Crippen molar-refractivity contribution >= 4 is 11.6 Å². The molecule has 0 saturated carbocycles. The fraction of sp³-hybridized carbons (Fsp3) is 0.294. The lowest BCUT2D eigenvalue weighted by atomic mass is 10.1. The maximum atomic E-state index is 12.8. The number of likely N-dealkylation sites (N-methyl/N-ethyl adjacent to an activating group) is 1. The fourth-order valence-corrected chi connectivity index (χ4v) is 2.36. The summed E-state index contributed by atoms with van der Waals surface area (Å²) in [5.74, 6) is -0.481. The maximum absolute atomic E-state index is 12.8. The van der Waals surface area contributed by atoms with Gasteiger partial charge < -0.3 is 9.47 Å². The summed E-state index contributed by atoms with van der Waals surface area (Å²) in [6.45, 7) is 3.28. The third-order valence-corrected chi connectivity index (χ3v) is 3.94. The Morgan fingerprint density at radius 3 is 2.46 bits per heavy atom. The molecule has 0 aliphatic heterocycles. The van der Waals surface area contributed by atoms with E-state index in [0.29, 0.717) is 11.8 Å². The summed E-state index contributed by atoms with van der Waals surface area (Å²) in [5, 5.41) is 0. The Balaban J connectivity index is 2.30. The van der Waals surface area contributed by atoms with Gasteiger partial charge in [0.05, 0.1) is 0 Å². The molecule has 4 nitrogen and oxygen atoms in total. The summed E-state index contributed by atoms with van der Waals surface area (Å²) in [4.78, 5) is 25.6. The standard InChI is InChI=1S/C17H17F3N2O2/c1-11-6-4-8-14(12(11)2)21(3)15(23)10-22-9-5-7-13(16(22)24)17(18,19)20/h4-9H,10H2,1-3H3. The van der Waals surface area contributed by atoms with E-state index >= 15 is 0 Å². The van der Waals surface area contributed by atoms with Gasteiger partial charge in [0.25, 0.3) is 5.56 Å². The van der Waals surface area contributed by atoms with Crippen molar-refractivity contribution in [3.05, 3.63) is 63.6 Å². The minimum atomic E-state index is -4.75. The number of amides is 1. The molecule has 0 atom stereocenters. The highest BCUT2D eigenvalue weighted by Crippen LogP contribution is 2.26. The van der Waals surface area contributed by atoms with Crippen molar-refractivity contribution in [1.29, 1.82) is 0 Å². The molecule has 1 aromatic carbocycles. The Bertz CT molecular complexity index is 825. The monoisotopic (exact) mass is 338 g/mol. The SMILES string of the molecule is Cc1cccc(N(C)C(=O)Cn2cccc(C(F)(F)F)c2=O)c1C. The summed E-state index contributed by atoms with van der Waals surface area (Å²) >= 11 is 0. The predicted molar refractivity (Wildman–Crippen MR) is 85.0 cm³/mol. The topological polar surface area (TPSA) is 42.3 Å². The summed E-state index contributed by atoms with van der Waals surface area (Å²) in [5.41, 5.74) is 0.0213. The van der Waals surface area contributed by atoms with Gasteiger partial charge in [0.2, 0.25) is 5.91 Å². The lowest BCUT2D eigenvalue weighted by Crippen LogP contribution is -2.36. The molecule has 0 radical (unpaired) electrons. The average molecular weight is 338 g/mol. The van der Waals surface area contributed by atoms with Crippen LogP contribution in [0.2, 0.25) is 0 Å². The molecule has 0 unspecified atom stereocenters. The minimum absolute atomic E-state index is 0.466. The van der Waals surface area contributed by atoms with Crippen molar-refractivity contribution in [3.8, 4) is 0 Å². The number of alkyl halides is 3. The summed E-state index contributed by atoms with van der Waals surface area (Å²) in [6, 6.07) is 7.24. The Hall–Kier alpha value is -2.57. The number of anilines is 1. The summed E-state index contributed by atoms with van der Waals surface area (Å²) in [7, 11) is 1.53. The van der Waals surface area contributed by atoms with Crippen LogP contribution >= 0.6 is 0 Å². The van der Waals surface area contributed by atoms with Gasteiger partial charge in [0.15, 0.2) is 0 Å². The first kappa shape index (κ1) is 17.8. The molecule has 0 bridgehead atoms. The molecule has 1 aromatic heterocycles. The molecule has 7 heteroatoms. The average Bonchev–Trinajstić information content (AvgIpc) is 2.50. The molecule has 2 rings (SSSR count). The number of halogens is 3. The number of hydrogen-bond acceptors (Lipinski definition) is 2. The molecule has 0 aliphatic carbocycles. The first-order valence-electron chi connectivity index (χ1n) is 7.22. The van der Waals surface area contributed by atoms with E-state index in [9.17, 15) is 22.8 Å². The van der Waals surface area contributed by atoms with Crippen LogP contribution in [0.5, 0.6) is 0 Å². The Morgan fingerprint density at radius 1 is 1.17 bits per heavy atom. The molecule has 0 saturated heterocycles. The lowest BCUT2D eigenvalue weighted by molar-refractivity contribution is -0.139. The van der Waals surface area contributed by atoms with E-state index in [0.717, 1.165) is 21.8 Å². The third kappa shape index (κ3) is 3.50. The number of hydrogen-bond donors (Lipinski definition) is 0. The van der Waals surface area contributed by atoms with Gasteiger partial charge in [-0.15, -0.1) is 0 Å². The fourth-order valence-electron chi connectivity index (χ4n) is 2.36. The maximum Gasteiger partial charge on any atom is 0.421 e. The van der Waals surface area contributed by atoms with Gasteiger partial charge in [0.1, 0.15) is 12.1 Å². The van der Waals surface area contributed by atoms with Gasteiger partial charge in [0, 0.05) is 18.9 Å². The van der Waals surface area contributed by atoms with Gasteiger partial charge in [-0.1, -0.05) is 12.1 Å². The number of aryl methyl sites for hydroxylation is 1. The Kier molecular flexibility index (Phi) is 4.82. The third-order valence-electron chi connectivity index (χ3n) is 3.94. The van der Waals surface area contributed by atoms with Crippen LogP contribution in [0.3, 0.4) is 0 Å². The number of carbonyl (C=O) groups excluding carboxylic acids is 1. The molecule has 24 heavy (non-hydrogen) atoms. The van der Waals surface area contributed by atoms with Crippen LogP contribution < -0.4 is 10.5 Å². The first-order valence-corrected chi connectivity index (χ1v) is 7.22. The highest BCUT2D eigenvalue weighted by molar-refractivity contribution is 5.93. The number of aromatic nitrogens is 1. The number of carbonyl (C=O) groups is 1. The molecule has 1 amide bonds. The zero-order valence-corrected chi connectivity index (χ0v) is 13.5. The van der Waals surface area contributed by atoms with Gasteiger partial charge >= 0.3 is 6.18 Å². The van der Waals surface area contributed by atoms with Crippen LogP contribution in [0.1, 0.15) is 16.7 Å². The van der Waals surface area contributed by atoms with Gasteiger partial charge in [-0.25, -0.2) is 0 Å². The smallest absolute Gasteiger partial charge is 0.314 e. The van der Waals surface area contributed by atoms with Crippen LogP contribution in [-0.2, 0) is 17.5 Å². The molecule has 2 aromatic rings. The van der Waals surface area contributed by atoms with E-state index < -0.39 is 29.8 Å². The van der Waals surface area contributed by atoms with Gasteiger partial charge in [-0.05, 0) is 43.2 Å². The molecule has 0 N–H and O–H groups in total. The van der Waals surface area contributed by atoms with Crippen molar-refractivity contribution in [2.45, 2.75) is 26.6 Å². The Labute approximate surface area is 137 Å². The van der Waals surface area contributed by atoms with Crippen LogP contribution in [0.4, 0.5) is 18.9 Å². The normalized spacial score (nSPS) is 11.4. The summed E-state index contributed by atoms with van der Waals surface area (Å²) in [6.07, 6.45) is -3.57. The quantitative estimate of drug-likeness (QED) is 0.863. The zero-order valence-electron chi connectivity index (χ0n) is 13.5. The van der Waals surface area contributed by atoms with Gasteiger partial charge in [-0.3, -0.25) is 9.59 Å². The highest BCUT2D eigenvalue weighted by atomic mass is 19.4. The van der Waals surface area contributed by atoms with E-state index in [1.807, 2.05) is 19.9 Å². The van der Waals surface area contributed by atoms with Crippen molar-refractivity contribution < 1.29 is 18.0 Å². The number of nitrogens with zero attached hydrogens (tertiary/aromatic N) is 2. The van der Waals surface area contributed by atoms with Crippen molar-refractivity contribution in [3.63, 3.8) is 0 Å². The number of pyridine rings is 1. The van der Waals surface area contributed by atoms with Crippen molar-refractivity contribution in [2.24, 2.45) is 0 Å². The van der Waals surface area contributed by atoms with E-state index in [2.05, 4.69) is 0 Å². The highest BCUT2D eigenvalue weighted by Gasteiger charge is 2.34. The number of benzene rings is 1. The number of rotatable bonds is 3. The van der Waals surface area contributed by atoms with Crippen molar-refractivity contribution in [1.82, 2.24) is 4.57 Å². The molecular formula is C17H17F3N2O2. The van der Waals surface area contributed by atoms with E-state index in [4.69, 9.17) is 0 Å². The molecule has 0 spiro atoms. The molecule has 1 heterocycles. The van der Waals surface area contributed by atoms with Crippen LogP contribution in [0, 0.1) is 13.8 Å². The van der Waals surface area contributed by atoms with E-state index in [1.165, 1.54) is 18.1 Å². The molecule has 0 aliphatic rings.